The number of nitrogens with zero attached hydrogens (tertiary/aromatic N) is 3. The predicted octanol–water partition coefficient (Wildman–Crippen LogP) is 3.53. The summed E-state index contributed by atoms with van der Waals surface area (Å²) in [6, 6.07) is 15.8. The highest BCUT2D eigenvalue weighted by Gasteiger charge is 2.24. The van der Waals surface area contributed by atoms with Gasteiger partial charge < -0.3 is 24.6 Å². The summed E-state index contributed by atoms with van der Waals surface area (Å²) in [5.41, 5.74) is 2.02. The number of carbonyl (C=O) groups excluding carboxylic acids is 1. The largest absolute Gasteiger partial charge is 0.494 e. The number of anilines is 1. The van der Waals surface area contributed by atoms with E-state index in [-0.39, 0.29) is 36.5 Å². The Balaban J connectivity index is 0.00000341. The minimum Gasteiger partial charge on any atom is -0.494 e. The van der Waals surface area contributed by atoms with Crippen molar-refractivity contribution >= 4 is 41.5 Å². The van der Waals surface area contributed by atoms with Gasteiger partial charge in [0, 0.05) is 33.7 Å². The maximum atomic E-state index is 12.3. The average Bonchev–Trinajstić information content (AvgIpc) is 2.76. The predicted molar refractivity (Wildman–Crippen MR) is 135 cm³/mol. The van der Waals surface area contributed by atoms with E-state index in [4.69, 9.17) is 9.47 Å². The third-order valence-electron chi connectivity index (χ3n) is 4.88. The van der Waals surface area contributed by atoms with Crippen LogP contribution in [0.3, 0.4) is 0 Å². The smallest absolute Gasteiger partial charge is 0.265 e. The summed E-state index contributed by atoms with van der Waals surface area (Å²) in [5, 5.41) is 3.38. The molecule has 1 heterocycles. The van der Waals surface area contributed by atoms with Crippen molar-refractivity contribution in [2.24, 2.45) is 4.99 Å². The summed E-state index contributed by atoms with van der Waals surface area (Å²) >= 11 is 0. The Morgan fingerprint density at radius 1 is 1.23 bits per heavy atom. The van der Waals surface area contributed by atoms with Crippen molar-refractivity contribution in [2.45, 2.75) is 19.9 Å². The van der Waals surface area contributed by atoms with Gasteiger partial charge in [-0.25, -0.2) is 0 Å². The Kier molecular flexibility index (Phi) is 9.90. The standard InChI is InChI=1S/C23H30N4O3.HI/c1-4-29-19-12-10-18(11-13-19)16-26(3)23(24-2)25-14-7-15-27-20-8-5-6-9-21(20)30-17-22(27)28;/h5-6,8-13H,4,7,14-17H2,1-3H3,(H,24,25);1H. The highest BCUT2D eigenvalue weighted by Crippen LogP contribution is 2.31. The van der Waals surface area contributed by atoms with Crippen LogP contribution < -0.4 is 19.7 Å². The topological polar surface area (TPSA) is 66.4 Å². The van der Waals surface area contributed by atoms with Crippen LogP contribution in [0.1, 0.15) is 18.9 Å². The summed E-state index contributed by atoms with van der Waals surface area (Å²) in [5.74, 6) is 2.45. The summed E-state index contributed by atoms with van der Waals surface area (Å²) in [6.07, 6.45) is 0.802. The quantitative estimate of drug-likeness (QED) is 0.241. The van der Waals surface area contributed by atoms with Crippen LogP contribution in [-0.2, 0) is 11.3 Å². The van der Waals surface area contributed by atoms with Crippen LogP contribution in [0.2, 0.25) is 0 Å². The van der Waals surface area contributed by atoms with Gasteiger partial charge in [0.1, 0.15) is 11.5 Å². The fraction of sp³-hybridized carbons (Fsp3) is 0.391. The lowest BCUT2D eigenvalue weighted by Gasteiger charge is -2.29. The molecular weight excluding hydrogens is 507 g/mol. The van der Waals surface area contributed by atoms with Gasteiger partial charge in [-0.05, 0) is 43.2 Å². The molecule has 0 fully saturated rings. The van der Waals surface area contributed by atoms with E-state index in [9.17, 15) is 4.79 Å². The molecule has 0 spiro atoms. The third-order valence-corrected chi connectivity index (χ3v) is 4.88. The highest BCUT2D eigenvalue weighted by molar-refractivity contribution is 14.0. The van der Waals surface area contributed by atoms with Crippen LogP contribution in [-0.4, -0.2) is 57.2 Å². The van der Waals surface area contributed by atoms with Crippen LogP contribution in [0, 0.1) is 0 Å². The minimum absolute atomic E-state index is 0. The van der Waals surface area contributed by atoms with Crippen LogP contribution in [0.15, 0.2) is 53.5 Å². The zero-order chi connectivity index (χ0) is 21.3. The molecule has 31 heavy (non-hydrogen) atoms. The number of hydrogen-bond acceptors (Lipinski definition) is 4. The molecule has 0 aromatic heterocycles. The number of benzene rings is 2. The maximum Gasteiger partial charge on any atom is 0.265 e. The van der Waals surface area contributed by atoms with E-state index in [0.29, 0.717) is 19.7 Å². The number of ether oxygens (including phenoxy) is 2. The van der Waals surface area contributed by atoms with E-state index < -0.39 is 0 Å². The average molecular weight is 538 g/mol. The normalized spacial score (nSPS) is 13.1. The van der Waals surface area contributed by atoms with Gasteiger partial charge in [0.2, 0.25) is 0 Å². The first-order valence-electron chi connectivity index (χ1n) is 10.3. The molecule has 1 amide bonds. The molecule has 0 atom stereocenters. The fourth-order valence-corrected chi connectivity index (χ4v) is 3.43. The molecular formula is C23H31IN4O3. The number of aliphatic imine (C=N–C) groups is 1. The third kappa shape index (κ3) is 6.75. The van der Waals surface area contributed by atoms with Gasteiger partial charge in [0.15, 0.2) is 12.6 Å². The first-order valence-corrected chi connectivity index (χ1v) is 10.3. The second-order valence-electron chi connectivity index (χ2n) is 7.06. The van der Waals surface area contributed by atoms with E-state index in [1.54, 1.807) is 11.9 Å². The second kappa shape index (κ2) is 12.4. The molecule has 3 rings (SSSR count). The van der Waals surface area contributed by atoms with Gasteiger partial charge in [-0.3, -0.25) is 9.79 Å². The van der Waals surface area contributed by atoms with Crippen LogP contribution in [0.5, 0.6) is 11.5 Å². The Morgan fingerprint density at radius 3 is 2.68 bits per heavy atom. The van der Waals surface area contributed by atoms with E-state index in [1.807, 2.05) is 50.4 Å². The van der Waals surface area contributed by atoms with Gasteiger partial charge >= 0.3 is 0 Å². The van der Waals surface area contributed by atoms with Gasteiger partial charge in [-0.15, -0.1) is 24.0 Å². The van der Waals surface area contributed by atoms with Crippen molar-refractivity contribution < 1.29 is 14.3 Å². The van der Waals surface area contributed by atoms with Crippen molar-refractivity contribution in [3.8, 4) is 11.5 Å². The first-order chi connectivity index (χ1) is 14.6. The van der Waals surface area contributed by atoms with E-state index in [0.717, 1.165) is 36.1 Å². The van der Waals surface area contributed by atoms with Gasteiger partial charge in [0.05, 0.1) is 12.3 Å². The molecule has 0 radical (unpaired) electrons. The Hall–Kier alpha value is -2.49. The SMILES string of the molecule is CCOc1ccc(CN(C)C(=NC)NCCCN2C(=O)COc3ccccc32)cc1.I. The van der Waals surface area contributed by atoms with Crippen molar-refractivity contribution in [3.63, 3.8) is 0 Å². The zero-order valence-corrected chi connectivity index (χ0v) is 20.7. The first kappa shape index (κ1) is 24.8. The molecule has 1 aliphatic heterocycles. The molecule has 7 nitrogen and oxygen atoms in total. The van der Waals surface area contributed by atoms with Gasteiger partial charge in [-0.1, -0.05) is 24.3 Å². The van der Waals surface area contributed by atoms with Crippen LogP contribution >= 0.6 is 24.0 Å². The molecule has 0 saturated carbocycles. The number of amides is 1. The number of guanidine groups is 1. The second-order valence-corrected chi connectivity index (χ2v) is 7.06. The van der Waals surface area contributed by atoms with Crippen molar-refractivity contribution in [2.75, 3.05) is 45.3 Å². The maximum absolute atomic E-state index is 12.3. The number of fused-ring (bicyclic) bond motifs is 1. The summed E-state index contributed by atoms with van der Waals surface area (Å²) in [4.78, 5) is 20.5. The van der Waals surface area contributed by atoms with Crippen molar-refractivity contribution in [1.82, 2.24) is 10.2 Å². The Morgan fingerprint density at radius 2 is 1.97 bits per heavy atom. The van der Waals surface area contributed by atoms with Crippen LogP contribution in [0.4, 0.5) is 5.69 Å². The molecule has 0 unspecified atom stereocenters. The highest BCUT2D eigenvalue weighted by atomic mass is 127. The van der Waals surface area contributed by atoms with E-state index >= 15 is 0 Å². The molecule has 1 N–H and O–H groups in total. The molecule has 168 valence electrons. The van der Waals surface area contributed by atoms with Gasteiger partial charge in [-0.2, -0.15) is 0 Å². The van der Waals surface area contributed by atoms with Gasteiger partial charge in [0.25, 0.3) is 5.91 Å². The lowest BCUT2D eigenvalue weighted by Crippen LogP contribution is -2.42. The number of carbonyl (C=O) groups is 1. The van der Waals surface area contributed by atoms with Crippen molar-refractivity contribution in [1.29, 1.82) is 0 Å². The van der Waals surface area contributed by atoms with E-state index in [1.165, 1.54) is 5.56 Å². The molecule has 0 bridgehead atoms. The van der Waals surface area contributed by atoms with E-state index in [2.05, 4.69) is 27.3 Å². The summed E-state index contributed by atoms with van der Waals surface area (Å²) < 4.78 is 11.0. The monoisotopic (exact) mass is 538 g/mol. The lowest BCUT2D eigenvalue weighted by atomic mass is 10.2. The Bertz CT molecular complexity index is 873. The molecule has 0 aliphatic carbocycles. The fourth-order valence-electron chi connectivity index (χ4n) is 3.43. The number of hydrogen-bond donors (Lipinski definition) is 1. The van der Waals surface area contributed by atoms with Crippen molar-refractivity contribution in [3.05, 3.63) is 54.1 Å². The molecule has 2 aromatic rings. The number of nitrogens with one attached hydrogen (secondary N) is 1. The molecule has 8 heteroatoms. The Labute approximate surface area is 201 Å². The lowest BCUT2D eigenvalue weighted by molar-refractivity contribution is -0.121. The number of rotatable bonds is 8. The van der Waals surface area contributed by atoms with Crippen LogP contribution in [0.25, 0.3) is 0 Å². The number of halogens is 1. The number of para-hydroxylation sites is 2. The molecule has 1 aliphatic rings. The molecule has 2 aromatic carbocycles. The summed E-state index contributed by atoms with van der Waals surface area (Å²) in [6.45, 7) is 4.82. The summed E-state index contributed by atoms with van der Waals surface area (Å²) in [7, 11) is 3.78. The minimum atomic E-state index is -0.00861. The molecule has 0 saturated heterocycles. The zero-order valence-electron chi connectivity index (χ0n) is 18.3.